The van der Waals surface area contributed by atoms with Crippen molar-refractivity contribution in [3.8, 4) is 0 Å². The van der Waals surface area contributed by atoms with Crippen molar-refractivity contribution in [1.82, 2.24) is 9.88 Å². The van der Waals surface area contributed by atoms with Gasteiger partial charge >= 0.3 is 0 Å². The third-order valence-electron chi connectivity index (χ3n) is 3.07. The molecule has 1 aliphatic heterocycles. The first-order valence-corrected chi connectivity index (χ1v) is 6.58. The molecule has 18 heavy (non-hydrogen) atoms. The van der Waals surface area contributed by atoms with Crippen LogP contribution in [-0.4, -0.2) is 34.8 Å². The van der Waals surface area contributed by atoms with Crippen LogP contribution in [0.15, 0.2) is 22.8 Å². The highest BCUT2D eigenvalue weighted by Gasteiger charge is 2.28. The zero-order chi connectivity index (χ0) is 13.1. The molecule has 0 radical (unpaired) electrons. The maximum atomic E-state index is 12.3. The lowest BCUT2D eigenvalue weighted by Crippen LogP contribution is -2.44. The average molecular weight is 312 g/mol. The number of nitrogens with two attached hydrogens (primary N) is 1. The normalized spacial score (nSPS) is 19.6. The van der Waals surface area contributed by atoms with Gasteiger partial charge < -0.3 is 10.6 Å². The van der Waals surface area contributed by atoms with Crippen LogP contribution in [0.3, 0.4) is 0 Å². The van der Waals surface area contributed by atoms with E-state index in [1.54, 1.807) is 23.2 Å². The number of rotatable bonds is 2. The molecular weight excluding hydrogens is 298 g/mol. The molecule has 1 saturated heterocycles. The molecule has 0 aromatic carbocycles. The van der Waals surface area contributed by atoms with Crippen molar-refractivity contribution in [2.45, 2.75) is 12.8 Å². The summed E-state index contributed by atoms with van der Waals surface area (Å²) in [5.74, 6) is -0.744. The fourth-order valence-electron chi connectivity index (χ4n) is 2.09. The van der Waals surface area contributed by atoms with E-state index in [9.17, 15) is 9.59 Å². The Hall–Kier alpha value is -1.43. The zero-order valence-electron chi connectivity index (χ0n) is 9.80. The maximum Gasteiger partial charge on any atom is 0.273 e. The SMILES string of the molecule is NC(=O)C1CCCN(C(=O)c2ncccc2Br)C1. The van der Waals surface area contributed by atoms with Crippen LogP contribution in [-0.2, 0) is 4.79 Å². The van der Waals surface area contributed by atoms with E-state index in [0.29, 0.717) is 23.3 Å². The molecule has 5 nitrogen and oxygen atoms in total. The van der Waals surface area contributed by atoms with Gasteiger partial charge in [0, 0.05) is 23.8 Å². The Balaban J connectivity index is 2.14. The van der Waals surface area contributed by atoms with Gasteiger partial charge in [-0.25, -0.2) is 4.98 Å². The van der Waals surface area contributed by atoms with Crippen LogP contribution in [0.4, 0.5) is 0 Å². The van der Waals surface area contributed by atoms with E-state index in [4.69, 9.17) is 5.73 Å². The molecule has 1 aliphatic rings. The first-order chi connectivity index (χ1) is 8.59. The topological polar surface area (TPSA) is 76.3 Å². The summed E-state index contributed by atoms with van der Waals surface area (Å²) >= 11 is 3.31. The fraction of sp³-hybridized carbons (Fsp3) is 0.417. The number of hydrogen-bond donors (Lipinski definition) is 1. The molecule has 2 rings (SSSR count). The Morgan fingerprint density at radius 2 is 2.28 bits per heavy atom. The molecule has 0 bridgehead atoms. The van der Waals surface area contributed by atoms with Gasteiger partial charge in [0.2, 0.25) is 5.91 Å². The molecule has 2 N–H and O–H groups in total. The smallest absolute Gasteiger partial charge is 0.273 e. The lowest BCUT2D eigenvalue weighted by Gasteiger charge is -2.31. The van der Waals surface area contributed by atoms with E-state index in [0.717, 1.165) is 12.8 Å². The Kier molecular flexibility index (Phi) is 3.96. The summed E-state index contributed by atoms with van der Waals surface area (Å²) < 4.78 is 0.663. The summed E-state index contributed by atoms with van der Waals surface area (Å²) in [5, 5.41) is 0. The van der Waals surface area contributed by atoms with Crippen molar-refractivity contribution < 1.29 is 9.59 Å². The van der Waals surface area contributed by atoms with Gasteiger partial charge in [-0.1, -0.05) is 0 Å². The fourth-order valence-corrected chi connectivity index (χ4v) is 2.51. The lowest BCUT2D eigenvalue weighted by atomic mass is 9.97. The van der Waals surface area contributed by atoms with Crippen molar-refractivity contribution >= 4 is 27.7 Å². The van der Waals surface area contributed by atoms with E-state index in [1.807, 2.05) is 0 Å². The van der Waals surface area contributed by atoms with Crippen LogP contribution in [0, 0.1) is 5.92 Å². The van der Waals surface area contributed by atoms with Gasteiger partial charge in [0.15, 0.2) is 0 Å². The van der Waals surface area contributed by atoms with Crippen molar-refractivity contribution in [3.05, 3.63) is 28.5 Å². The van der Waals surface area contributed by atoms with Crippen molar-refractivity contribution in [2.75, 3.05) is 13.1 Å². The highest BCUT2D eigenvalue weighted by molar-refractivity contribution is 9.10. The standard InChI is InChI=1S/C12H14BrN3O2/c13-9-4-1-5-15-10(9)12(18)16-6-2-3-8(7-16)11(14)17/h1,4-5,8H,2-3,6-7H2,(H2,14,17). The Morgan fingerprint density at radius 3 is 2.94 bits per heavy atom. The van der Waals surface area contributed by atoms with Crippen molar-refractivity contribution in [3.63, 3.8) is 0 Å². The Bertz CT molecular complexity index is 478. The second-order valence-corrected chi connectivity index (χ2v) is 5.18. The van der Waals surface area contributed by atoms with Gasteiger partial charge in [0.25, 0.3) is 5.91 Å². The summed E-state index contributed by atoms with van der Waals surface area (Å²) in [6.07, 6.45) is 3.12. The summed E-state index contributed by atoms with van der Waals surface area (Å²) in [6.45, 7) is 1.03. The molecule has 96 valence electrons. The number of halogens is 1. The van der Waals surface area contributed by atoms with Crippen LogP contribution in [0.25, 0.3) is 0 Å². The molecule has 0 spiro atoms. The predicted octanol–water partition coefficient (Wildman–Crippen LogP) is 1.18. The largest absolute Gasteiger partial charge is 0.369 e. The van der Waals surface area contributed by atoms with E-state index in [1.165, 1.54) is 0 Å². The van der Waals surface area contributed by atoms with Crippen molar-refractivity contribution in [1.29, 1.82) is 0 Å². The average Bonchev–Trinajstić information content (AvgIpc) is 2.38. The summed E-state index contributed by atoms with van der Waals surface area (Å²) in [7, 11) is 0. The molecule has 1 unspecified atom stereocenters. The zero-order valence-corrected chi connectivity index (χ0v) is 11.4. The first kappa shape index (κ1) is 13.0. The predicted molar refractivity (Wildman–Crippen MR) is 69.8 cm³/mol. The molecule has 2 amide bonds. The number of carbonyl (C=O) groups excluding carboxylic acids is 2. The third-order valence-corrected chi connectivity index (χ3v) is 3.71. The molecule has 6 heteroatoms. The molecule has 1 atom stereocenters. The highest BCUT2D eigenvalue weighted by Crippen LogP contribution is 2.20. The molecular formula is C12H14BrN3O2. The highest BCUT2D eigenvalue weighted by atomic mass is 79.9. The van der Waals surface area contributed by atoms with E-state index in [-0.39, 0.29) is 17.7 Å². The first-order valence-electron chi connectivity index (χ1n) is 5.78. The van der Waals surface area contributed by atoms with Crippen LogP contribution in [0.5, 0.6) is 0 Å². The minimum atomic E-state index is -0.340. The Morgan fingerprint density at radius 1 is 1.50 bits per heavy atom. The van der Waals surface area contributed by atoms with Crippen LogP contribution in [0.1, 0.15) is 23.3 Å². The number of nitrogens with zero attached hydrogens (tertiary/aromatic N) is 2. The molecule has 1 aromatic heterocycles. The van der Waals surface area contributed by atoms with E-state index < -0.39 is 0 Å². The molecule has 1 fully saturated rings. The lowest BCUT2D eigenvalue weighted by molar-refractivity contribution is -0.123. The monoisotopic (exact) mass is 311 g/mol. The number of amides is 2. The maximum absolute atomic E-state index is 12.3. The number of hydrogen-bond acceptors (Lipinski definition) is 3. The van der Waals surface area contributed by atoms with Gasteiger partial charge in [-0.05, 0) is 40.9 Å². The second-order valence-electron chi connectivity index (χ2n) is 4.33. The molecule has 0 saturated carbocycles. The van der Waals surface area contributed by atoms with Gasteiger partial charge in [0.1, 0.15) is 5.69 Å². The summed E-state index contributed by atoms with van der Waals surface area (Å²) in [6, 6.07) is 3.53. The minimum Gasteiger partial charge on any atom is -0.369 e. The molecule has 0 aliphatic carbocycles. The second kappa shape index (κ2) is 5.48. The number of primary amides is 1. The van der Waals surface area contributed by atoms with E-state index >= 15 is 0 Å². The number of carbonyl (C=O) groups is 2. The minimum absolute atomic E-state index is 0.159. The van der Waals surface area contributed by atoms with Gasteiger partial charge in [0.05, 0.1) is 5.92 Å². The summed E-state index contributed by atoms with van der Waals surface area (Å²) in [5.41, 5.74) is 5.67. The van der Waals surface area contributed by atoms with Gasteiger partial charge in [-0.3, -0.25) is 9.59 Å². The quantitative estimate of drug-likeness (QED) is 0.891. The number of likely N-dealkylation sites (tertiary alicyclic amines) is 1. The number of aromatic nitrogens is 1. The summed E-state index contributed by atoms with van der Waals surface area (Å²) in [4.78, 5) is 29.2. The molecule has 2 heterocycles. The molecule has 1 aromatic rings. The number of pyridine rings is 1. The van der Waals surface area contributed by atoms with Crippen LogP contribution >= 0.6 is 15.9 Å². The third kappa shape index (κ3) is 2.69. The van der Waals surface area contributed by atoms with Crippen molar-refractivity contribution in [2.24, 2.45) is 11.7 Å². The van der Waals surface area contributed by atoms with Gasteiger partial charge in [-0.2, -0.15) is 0 Å². The van der Waals surface area contributed by atoms with Crippen LogP contribution in [0.2, 0.25) is 0 Å². The van der Waals surface area contributed by atoms with Gasteiger partial charge in [-0.15, -0.1) is 0 Å². The Labute approximate surface area is 113 Å². The van der Waals surface area contributed by atoms with Crippen LogP contribution < -0.4 is 5.73 Å². The van der Waals surface area contributed by atoms with E-state index in [2.05, 4.69) is 20.9 Å². The number of piperidine rings is 1.